The van der Waals surface area contributed by atoms with Crippen molar-refractivity contribution in [3.8, 4) is 0 Å². The lowest BCUT2D eigenvalue weighted by atomic mass is 9.98. The Morgan fingerprint density at radius 2 is 2.32 bits per heavy atom. The van der Waals surface area contributed by atoms with E-state index in [1.807, 2.05) is 11.0 Å². The minimum absolute atomic E-state index is 0.0210. The second-order valence-corrected chi connectivity index (χ2v) is 7.13. The normalized spacial score (nSPS) is 17.3. The fourth-order valence-corrected chi connectivity index (χ4v) is 4.01. The van der Waals surface area contributed by atoms with Crippen molar-refractivity contribution in [2.75, 3.05) is 19.6 Å². The van der Waals surface area contributed by atoms with Gasteiger partial charge >= 0.3 is 0 Å². The summed E-state index contributed by atoms with van der Waals surface area (Å²) in [7, 11) is 0. The largest absolute Gasteiger partial charge is 0.356 e. The highest BCUT2D eigenvalue weighted by atomic mass is 32.1. The average Bonchev–Trinajstić information content (AvgIpc) is 3.10. The molecule has 0 spiro atoms. The van der Waals surface area contributed by atoms with Crippen LogP contribution in [0.1, 0.15) is 46.7 Å². The third-order valence-electron chi connectivity index (χ3n) is 4.29. The Bertz CT molecular complexity index is 732. The average molecular weight is 358 g/mol. The highest BCUT2D eigenvalue weighted by Crippen LogP contribution is 2.30. The number of pyridine rings is 1. The molecule has 0 saturated carbocycles. The van der Waals surface area contributed by atoms with Crippen molar-refractivity contribution in [1.29, 1.82) is 0 Å². The van der Waals surface area contributed by atoms with E-state index in [9.17, 15) is 9.59 Å². The van der Waals surface area contributed by atoms with Crippen LogP contribution in [-0.2, 0) is 11.2 Å². The van der Waals surface area contributed by atoms with Crippen LogP contribution in [0.5, 0.6) is 0 Å². The van der Waals surface area contributed by atoms with Crippen LogP contribution in [0.25, 0.3) is 0 Å². The van der Waals surface area contributed by atoms with Crippen molar-refractivity contribution in [3.05, 3.63) is 46.2 Å². The van der Waals surface area contributed by atoms with E-state index in [1.54, 1.807) is 29.8 Å². The molecule has 6 nitrogen and oxygen atoms in total. The van der Waals surface area contributed by atoms with E-state index < -0.39 is 0 Å². The Labute approximate surface area is 151 Å². The van der Waals surface area contributed by atoms with Crippen molar-refractivity contribution in [2.45, 2.75) is 32.1 Å². The maximum atomic E-state index is 12.6. The van der Waals surface area contributed by atoms with Crippen LogP contribution in [0.3, 0.4) is 0 Å². The van der Waals surface area contributed by atoms with E-state index in [4.69, 9.17) is 4.98 Å². The lowest BCUT2D eigenvalue weighted by molar-refractivity contribution is -0.118. The van der Waals surface area contributed by atoms with Gasteiger partial charge in [-0.15, -0.1) is 11.3 Å². The fourth-order valence-electron chi connectivity index (χ4n) is 3.03. The summed E-state index contributed by atoms with van der Waals surface area (Å²) >= 11 is 1.65. The number of carbonyl (C=O) groups excluding carboxylic acids is 2. The summed E-state index contributed by atoms with van der Waals surface area (Å²) in [5.74, 6) is 0.307. The molecule has 1 aliphatic heterocycles. The van der Waals surface area contributed by atoms with Gasteiger partial charge in [0.05, 0.1) is 16.3 Å². The molecule has 132 valence electrons. The van der Waals surface area contributed by atoms with Crippen LogP contribution in [0, 0.1) is 0 Å². The standard InChI is InChI=1S/C18H22N4O2S/c1-13(23)20-8-6-16-12-25-17(21-16)15-5-3-9-22(11-15)18(24)14-4-2-7-19-10-14/h2,4,7,10,12,15H,3,5-6,8-9,11H2,1H3,(H,20,23). The maximum absolute atomic E-state index is 12.6. The molecule has 1 aliphatic rings. The first kappa shape index (κ1) is 17.5. The Kier molecular flexibility index (Phi) is 5.75. The van der Waals surface area contributed by atoms with Crippen molar-refractivity contribution < 1.29 is 9.59 Å². The third-order valence-corrected chi connectivity index (χ3v) is 5.35. The van der Waals surface area contributed by atoms with Gasteiger partial charge < -0.3 is 10.2 Å². The van der Waals surface area contributed by atoms with Gasteiger partial charge in [-0.2, -0.15) is 0 Å². The predicted octanol–water partition coefficient (Wildman–Crippen LogP) is 2.24. The second-order valence-electron chi connectivity index (χ2n) is 6.24. The zero-order valence-electron chi connectivity index (χ0n) is 14.3. The molecule has 2 amide bonds. The zero-order valence-corrected chi connectivity index (χ0v) is 15.1. The van der Waals surface area contributed by atoms with Crippen LogP contribution in [0.2, 0.25) is 0 Å². The predicted molar refractivity (Wildman–Crippen MR) is 96.6 cm³/mol. The molecular formula is C18H22N4O2S. The number of amides is 2. The van der Waals surface area contributed by atoms with Gasteiger partial charge in [0, 0.05) is 56.7 Å². The Hall–Kier alpha value is -2.28. The number of hydrogen-bond donors (Lipinski definition) is 1. The first-order valence-corrected chi connectivity index (χ1v) is 9.39. The number of rotatable bonds is 5. The monoisotopic (exact) mass is 358 g/mol. The molecule has 7 heteroatoms. The smallest absolute Gasteiger partial charge is 0.255 e. The molecule has 1 N–H and O–H groups in total. The fraction of sp³-hybridized carbons (Fsp3) is 0.444. The Morgan fingerprint density at radius 1 is 1.44 bits per heavy atom. The number of hydrogen-bond acceptors (Lipinski definition) is 5. The van der Waals surface area contributed by atoms with Gasteiger partial charge in [-0.25, -0.2) is 4.98 Å². The molecule has 2 aromatic heterocycles. The molecule has 3 rings (SSSR count). The van der Waals surface area contributed by atoms with Crippen molar-refractivity contribution >= 4 is 23.2 Å². The molecule has 1 fully saturated rings. The van der Waals surface area contributed by atoms with Crippen molar-refractivity contribution in [2.24, 2.45) is 0 Å². The summed E-state index contributed by atoms with van der Waals surface area (Å²) in [5, 5.41) is 5.93. The molecule has 0 bridgehead atoms. The van der Waals surface area contributed by atoms with Crippen LogP contribution < -0.4 is 5.32 Å². The van der Waals surface area contributed by atoms with Gasteiger partial charge in [0.25, 0.3) is 5.91 Å². The number of thiazole rings is 1. The highest BCUT2D eigenvalue weighted by Gasteiger charge is 2.27. The van der Waals surface area contributed by atoms with E-state index >= 15 is 0 Å². The summed E-state index contributed by atoms with van der Waals surface area (Å²) in [4.78, 5) is 34.2. The first-order chi connectivity index (χ1) is 12.1. The third kappa shape index (κ3) is 4.63. The minimum Gasteiger partial charge on any atom is -0.356 e. The van der Waals surface area contributed by atoms with Crippen LogP contribution >= 0.6 is 11.3 Å². The second kappa shape index (κ2) is 8.20. The number of nitrogens with zero attached hydrogens (tertiary/aromatic N) is 3. The molecule has 0 aliphatic carbocycles. The summed E-state index contributed by atoms with van der Waals surface area (Å²) in [5.41, 5.74) is 1.64. The van der Waals surface area contributed by atoms with Crippen molar-refractivity contribution in [3.63, 3.8) is 0 Å². The van der Waals surface area contributed by atoms with Crippen LogP contribution in [0.4, 0.5) is 0 Å². The molecule has 1 saturated heterocycles. The van der Waals surface area contributed by atoms with Gasteiger partial charge in [0.1, 0.15) is 0 Å². The van der Waals surface area contributed by atoms with E-state index in [0.29, 0.717) is 18.7 Å². The summed E-state index contributed by atoms with van der Waals surface area (Å²) in [6.45, 7) is 3.61. The summed E-state index contributed by atoms with van der Waals surface area (Å²) in [6, 6.07) is 3.60. The maximum Gasteiger partial charge on any atom is 0.255 e. The number of carbonyl (C=O) groups is 2. The molecule has 1 atom stereocenters. The minimum atomic E-state index is -0.0210. The van der Waals surface area contributed by atoms with E-state index in [2.05, 4.69) is 15.7 Å². The molecule has 25 heavy (non-hydrogen) atoms. The molecule has 1 unspecified atom stereocenters. The highest BCUT2D eigenvalue weighted by molar-refractivity contribution is 7.09. The number of piperidine rings is 1. The van der Waals surface area contributed by atoms with Crippen molar-refractivity contribution in [1.82, 2.24) is 20.2 Å². The van der Waals surface area contributed by atoms with Gasteiger partial charge in [-0.05, 0) is 25.0 Å². The molecule has 3 heterocycles. The van der Waals surface area contributed by atoms with Crippen LogP contribution in [0.15, 0.2) is 29.9 Å². The lowest BCUT2D eigenvalue weighted by Crippen LogP contribution is -2.39. The zero-order chi connectivity index (χ0) is 17.6. The van der Waals surface area contributed by atoms with Gasteiger partial charge in [0.2, 0.25) is 5.91 Å². The molecule has 2 aromatic rings. The number of likely N-dealkylation sites (tertiary alicyclic amines) is 1. The quantitative estimate of drug-likeness (QED) is 0.889. The van der Waals surface area contributed by atoms with E-state index in [1.165, 1.54) is 6.92 Å². The lowest BCUT2D eigenvalue weighted by Gasteiger charge is -2.31. The van der Waals surface area contributed by atoms with Crippen LogP contribution in [-0.4, -0.2) is 46.3 Å². The first-order valence-electron chi connectivity index (χ1n) is 8.51. The van der Waals surface area contributed by atoms with E-state index in [0.717, 1.165) is 36.5 Å². The molecular weight excluding hydrogens is 336 g/mol. The van der Waals surface area contributed by atoms with Gasteiger partial charge in [-0.1, -0.05) is 0 Å². The summed E-state index contributed by atoms with van der Waals surface area (Å²) < 4.78 is 0. The Balaban J connectivity index is 1.61. The van der Waals surface area contributed by atoms with Gasteiger partial charge in [0.15, 0.2) is 0 Å². The Morgan fingerprint density at radius 3 is 3.08 bits per heavy atom. The SMILES string of the molecule is CC(=O)NCCc1csc(C2CCCN(C(=O)c3cccnc3)C2)n1. The summed E-state index contributed by atoms with van der Waals surface area (Å²) in [6.07, 6.45) is 6.07. The van der Waals surface area contributed by atoms with Gasteiger partial charge in [-0.3, -0.25) is 14.6 Å². The van der Waals surface area contributed by atoms with E-state index in [-0.39, 0.29) is 17.7 Å². The molecule has 0 radical (unpaired) electrons. The number of nitrogens with one attached hydrogen (secondary N) is 1. The topological polar surface area (TPSA) is 75.2 Å². The molecule has 0 aromatic carbocycles. The number of aromatic nitrogens is 2.